The van der Waals surface area contributed by atoms with Crippen LogP contribution < -0.4 is 5.32 Å². The number of carboxylic acids is 1. The minimum Gasteiger partial charge on any atom is -0.480 e. The van der Waals surface area contributed by atoms with Crippen molar-refractivity contribution in [2.75, 3.05) is 13.6 Å². The van der Waals surface area contributed by atoms with Crippen molar-refractivity contribution in [3.63, 3.8) is 0 Å². The third kappa shape index (κ3) is 4.93. The second kappa shape index (κ2) is 7.18. The molecule has 24 heavy (non-hydrogen) atoms. The number of carboxylic acid groups (broad SMARTS) is 1. The van der Waals surface area contributed by atoms with Gasteiger partial charge in [-0.05, 0) is 31.2 Å². The lowest BCUT2D eigenvalue weighted by Crippen LogP contribution is -2.40. The lowest BCUT2D eigenvalue weighted by atomic mass is 10.2. The number of carbonyl (C=O) groups excluding carboxylic acids is 1. The summed E-state index contributed by atoms with van der Waals surface area (Å²) in [5.74, 6) is -2.35. The van der Waals surface area contributed by atoms with Crippen molar-refractivity contribution in [3.05, 3.63) is 29.8 Å². The number of rotatable bonds is 6. The number of aliphatic carboxylic acids is 1. The number of halogens is 3. The quantitative estimate of drug-likeness (QED) is 0.782. The summed E-state index contributed by atoms with van der Waals surface area (Å²) in [6.45, 7) is -0.330. The van der Waals surface area contributed by atoms with Crippen LogP contribution in [0.25, 0.3) is 0 Å². The summed E-state index contributed by atoms with van der Waals surface area (Å²) in [5.41, 5.74) is -0.160. The Morgan fingerprint density at radius 3 is 2.17 bits per heavy atom. The van der Waals surface area contributed by atoms with E-state index in [0.29, 0.717) is 4.31 Å². The van der Waals surface area contributed by atoms with E-state index in [9.17, 15) is 31.2 Å². The van der Waals surface area contributed by atoms with Crippen LogP contribution in [0, 0.1) is 0 Å². The van der Waals surface area contributed by atoms with E-state index in [1.165, 1.54) is 6.92 Å². The van der Waals surface area contributed by atoms with Crippen molar-refractivity contribution in [3.8, 4) is 0 Å². The second-order valence-corrected chi connectivity index (χ2v) is 6.86. The van der Waals surface area contributed by atoms with Gasteiger partial charge in [0.15, 0.2) is 0 Å². The highest BCUT2D eigenvalue weighted by Gasteiger charge is 2.30. The topological polar surface area (TPSA) is 104 Å². The first-order chi connectivity index (χ1) is 10.9. The van der Waals surface area contributed by atoms with Gasteiger partial charge in [0, 0.05) is 12.6 Å². The molecule has 2 N–H and O–H groups in total. The van der Waals surface area contributed by atoms with Gasteiger partial charge >= 0.3 is 12.1 Å². The molecule has 0 aliphatic carbocycles. The van der Waals surface area contributed by atoms with Gasteiger partial charge in [0.2, 0.25) is 10.0 Å². The van der Waals surface area contributed by atoms with Crippen molar-refractivity contribution >= 4 is 21.9 Å². The maximum atomic E-state index is 12.2. The van der Waals surface area contributed by atoms with Crippen LogP contribution >= 0.6 is 0 Å². The Morgan fingerprint density at radius 2 is 1.75 bits per heavy atom. The van der Waals surface area contributed by atoms with Crippen LogP contribution in [0.3, 0.4) is 0 Å². The Kier molecular flexibility index (Phi) is 5.95. The standard InChI is InChI=1S/C13H15F3N2O5S/c1-8(12(20)21)18(2)24(22,23)10-5-3-9(4-6-10)11(19)17-7-13(14,15)16/h3-6,8H,7H2,1-2H3,(H,17,19)(H,20,21). The van der Waals surface area contributed by atoms with E-state index in [2.05, 4.69) is 0 Å². The third-order valence-electron chi connectivity index (χ3n) is 3.15. The molecule has 0 saturated carbocycles. The fraction of sp³-hybridized carbons (Fsp3) is 0.385. The number of likely N-dealkylation sites (N-methyl/N-ethyl adjacent to an activating group) is 1. The van der Waals surface area contributed by atoms with Crippen molar-refractivity contribution in [1.29, 1.82) is 0 Å². The number of hydrogen-bond acceptors (Lipinski definition) is 4. The molecule has 0 radical (unpaired) electrons. The molecule has 1 unspecified atom stereocenters. The maximum Gasteiger partial charge on any atom is 0.405 e. The average Bonchev–Trinajstić information content (AvgIpc) is 2.50. The first-order valence-corrected chi connectivity index (χ1v) is 7.96. The summed E-state index contributed by atoms with van der Waals surface area (Å²) in [4.78, 5) is 22.1. The minimum atomic E-state index is -4.56. The highest BCUT2D eigenvalue weighted by Crippen LogP contribution is 2.18. The van der Waals surface area contributed by atoms with Gasteiger partial charge in [-0.1, -0.05) is 0 Å². The zero-order valence-corrected chi connectivity index (χ0v) is 13.5. The number of sulfonamides is 1. The zero-order chi connectivity index (χ0) is 18.7. The average molecular weight is 368 g/mol. The zero-order valence-electron chi connectivity index (χ0n) is 12.7. The lowest BCUT2D eigenvalue weighted by molar-refractivity contribution is -0.140. The van der Waals surface area contributed by atoms with Gasteiger partial charge in [-0.2, -0.15) is 17.5 Å². The van der Waals surface area contributed by atoms with E-state index < -0.39 is 40.7 Å². The van der Waals surface area contributed by atoms with Gasteiger partial charge in [-0.3, -0.25) is 9.59 Å². The van der Waals surface area contributed by atoms with Crippen LogP contribution in [0.5, 0.6) is 0 Å². The first kappa shape index (κ1) is 19.9. The number of nitrogens with one attached hydrogen (secondary N) is 1. The van der Waals surface area contributed by atoms with Gasteiger partial charge in [0.05, 0.1) is 4.90 Å². The molecule has 0 fully saturated rings. The van der Waals surface area contributed by atoms with Gasteiger partial charge in [0.1, 0.15) is 12.6 Å². The molecule has 0 heterocycles. The van der Waals surface area contributed by atoms with Crippen LogP contribution in [0.1, 0.15) is 17.3 Å². The van der Waals surface area contributed by atoms with E-state index in [0.717, 1.165) is 31.3 Å². The summed E-state index contributed by atoms with van der Waals surface area (Å²) >= 11 is 0. The van der Waals surface area contributed by atoms with Crippen LogP contribution in [0.2, 0.25) is 0 Å². The molecule has 7 nitrogen and oxygen atoms in total. The molecular formula is C13H15F3N2O5S. The van der Waals surface area contributed by atoms with E-state index >= 15 is 0 Å². The smallest absolute Gasteiger partial charge is 0.405 e. The van der Waals surface area contributed by atoms with E-state index in [1.54, 1.807) is 5.32 Å². The number of alkyl halides is 3. The normalized spacial score (nSPS) is 13.6. The maximum absolute atomic E-state index is 12.2. The number of amides is 1. The molecule has 0 bridgehead atoms. The molecule has 0 spiro atoms. The molecule has 0 saturated heterocycles. The predicted molar refractivity (Wildman–Crippen MR) is 76.9 cm³/mol. The number of carbonyl (C=O) groups is 2. The molecule has 1 aromatic carbocycles. The Morgan fingerprint density at radius 1 is 1.25 bits per heavy atom. The summed E-state index contributed by atoms with van der Waals surface area (Å²) in [5, 5.41) is 10.5. The fourth-order valence-corrected chi connectivity index (χ4v) is 2.91. The first-order valence-electron chi connectivity index (χ1n) is 6.52. The van der Waals surface area contributed by atoms with Gasteiger partial charge in [0.25, 0.3) is 5.91 Å². The van der Waals surface area contributed by atoms with Crippen LogP contribution in [0.15, 0.2) is 29.2 Å². The number of hydrogen-bond donors (Lipinski definition) is 2. The second-order valence-electron chi connectivity index (χ2n) is 4.86. The van der Waals surface area contributed by atoms with Gasteiger partial charge in [-0.25, -0.2) is 8.42 Å². The summed E-state index contributed by atoms with van der Waals surface area (Å²) in [6, 6.07) is 2.80. The Hall–Kier alpha value is -2.14. The molecule has 1 atom stereocenters. The highest BCUT2D eigenvalue weighted by molar-refractivity contribution is 7.89. The molecule has 0 aromatic heterocycles. The lowest BCUT2D eigenvalue weighted by Gasteiger charge is -2.21. The molecule has 1 rings (SSSR count). The monoisotopic (exact) mass is 368 g/mol. The number of nitrogens with zero attached hydrogens (tertiary/aromatic N) is 1. The highest BCUT2D eigenvalue weighted by atomic mass is 32.2. The van der Waals surface area contributed by atoms with Crippen molar-refractivity contribution in [2.45, 2.75) is 24.0 Å². The van der Waals surface area contributed by atoms with Gasteiger partial charge in [-0.15, -0.1) is 0 Å². The van der Waals surface area contributed by atoms with E-state index in [4.69, 9.17) is 5.11 Å². The summed E-state index contributed by atoms with van der Waals surface area (Å²) in [7, 11) is -3.04. The molecule has 0 aliphatic heterocycles. The molecule has 134 valence electrons. The van der Waals surface area contributed by atoms with Crippen molar-refractivity contribution in [2.24, 2.45) is 0 Å². The molecular weight excluding hydrogens is 353 g/mol. The number of benzene rings is 1. The fourth-order valence-electron chi connectivity index (χ4n) is 1.59. The predicted octanol–water partition coefficient (Wildman–Crippen LogP) is 1.07. The summed E-state index contributed by atoms with van der Waals surface area (Å²) in [6.07, 6.45) is -4.56. The Bertz CT molecular complexity index is 716. The largest absolute Gasteiger partial charge is 0.480 e. The van der Waals surface area contributed by atoms with Gasteiger partial charge < -0.3 is 10.4 Å². The van der Waals surface area contributed by atoms with Crippen LogP contribution in [-0.2, 0) is 14.8 Å². The third-order valence-corrected chi connectivity index (χ3v) is 5.09. The molecule has 1 aromatic rings. The van der Waals surface area contributed by atoms with Crippen LogP contribution in [-0.4, -0.2) is 55.5 Å². The van der Waals surface area contributed by atoms with Crippen LogP contribution in [0.4, 0.5) is 13.2 Å². The SMILES string of the molecule is CC(C(=O)O)N(C)S(=O)(=O)c1ccc(C(=O)NCC(F)(F)F)cc1. The minimum absolute atomic E-state index is 0.160. The summed E-state index contributed by atoms with van der Waals surface area (Å²) < 4.78 is 61.2. The molecule has 1 amide bonds. The van der Waals surface area contributed by atoms with E-state index in [1.807, 2.05) is 0 Å². The Balaban J connectivity index is 2.94. The van der Waals surface area contributed by atoms with Crippen molar-refractivity contribution < 1.29 is 36.3 Å². The molecule has 0 aliphatic rings. The van der Waals surface area contributed by atoms with Crippen molar-refractivity contribution in [1.82, 2.24) is 9.62 Å². The Labute approximate surface area is 136 Å². The van der Waals surface area contributed by atoms with E-state index in [-0.39, 0.29) is 10.5 Å². The molecule has 11 heteroatoms.